The molecule has 106 valence electrons. The van der Waals surface area contributed by atoms with E-state index in [4.69, 9.17) is 0 Å². The van der Waals surface area contributed by atoms with Crippen LogP contribution < -0.4 is 10.6 Å². The number of aromatic nitrogens is 1. The highest BCUT2D eigenvalue weighted by Crippen LogP contribution is 2.11. The summed E-state index contributed by atoms with van der Waals surface area (Å²) in [7, 11) is 0. The smallest absolute Gasteiger partial charge is 0.319 e. The molecule has 20 heavy (non-hydrogen) atoms. The van der Waals surface area contributed by atoms with Crippen LogP contribution in [-0.2, 0) is 12.8 Å². The molecular weight excluding hydrogens is 270 g/mol. The Bertz CT molecular complexity index is 580. The second kappa shape index (κ2) is 7.05. The Morgan fingerprint density at radius 3 is 2.95 bits per heavy atom. The molecule has 0 radical (unpaired) electrons. The number of nitrogens with one attached hydrogen (secondary N) is 2. The average molecular weight is 289 g/mol. The zero-order chi connectivity index (χ0) is 14.4. The number of carbonyl (C=O) groups excluding carboxylic acids is 1. The molecule has 0 spiro atoms. The highest BCUT2D eigenvalue weighted by atomic mass is 32.1. The van der Waals surface area contributed by atoms with Gasteiger partial charge in [0.1, 0.15) is 0 Å². The molecule has 1 heterocycles. The van der Waals surface area contributed by atoms with Crippen LogP contribution in [0.25, 0.3) is 0 Å². The van der Waals surface area contributed by atoms with E-state index in [0.717, 1.165) is 34.8 Å². The average Bonchev–Trinajstić information content (AvgIpc) is 2.86. The lowest BCUT2D eigenvalue weighted by molar-refractivity contribution is 0.252. The summed E-state index contributed by atoms with van der Waals surface area (Å²) in [5, 5.41) is 8.86. The van der Waals surface area contributed by atoms with Gasteiger partial charge in [-0.3, -0.25) is 0 Å². The topological polar surface area (TPSA) is 54.0 Å². The van der Waals surface area contributed by atoms with E-state index >= 15 is 0 Å². The van der Waals surface area contributed by atoms with Crippen LogP contribution in [0.1, 0.15) is 23.2 Å². The SMILES string of the molecule is CCc1nc(CCNC(=O)Nc2cccc(C)c2)cs1. The molecule has 0 atom stereocenters. The van der Waals surface area contributed by atoms with Gasteiger partial charge >= 0.3 is 6.03 Å². The number of nitrogens with zero attached hydrogens (tertiary/aromatic N) is 1. The third kappa shape index (κ3) is 4.35. The van der Waals surface area contributed by atoms with Crippen molar-refractivity contribution >= 4 is 23.1 Å². The number of urea groups is 1. The summed E-state index contributed by atoms with van der Waals surface area (Å²) in [6, 6.07) is 7.55. The van der Waals surface area contributed by atoms with E-state index in [9.17, 15) is 4.79 Å². The molecule has 5 heteroatoms. The van der Waals surface area contributed by atoms with Gasteiger partial charge in [0.25, 0.3) is 0 Å². The largest absolute Gasteiger partial charge is 0.337 e. The van der Waals surface area contributed by atoms with Gasteiger partial charge in [-0.05, 0) is 31.0 Å². The Morgan fingerprint density at radius 1 is 1.40 bits per heavy atom. The van der Waals surface area contributed by atoms with Crippen molar-refractivity contribution in [2.75, 3.05) is 11.9 Å². The lowest BCUT2D eigenvalue weighted by Gasteiger charge is -2.07. The fraction of sp³-hybridized carbons (Fsp3) is 0.333. The zero-order valence-electron chi connectivity index (χ0n) is 11.8. The second-order valence-electron chi connectivity index (χ2n) is 4.59. The van der Waals surface area contributed by atoms with Crippen molar-refractivity contribution < 1.29 is 4.79 Å². The van der Waals surface area contributed by atoms with Gasteiger partial charge in [0.15, 0.2) is 0 Å². The van der Waals surface area contributed by atoms with Crippen LogP contribution in [0.2, 0.25) is 0 Å². The summed E-state index contributed by atoms with van der Waals surface area (Å²) in [5.74, 6) is 0. The van der Waals surface area contributed by atoms with Crippen LogP contribution in [0.5, 0.6) is 0 Å². The second-order valence-corrected chi connectivity index (χ2v) is 5.53. The Balaban J connectivity index is 1.75. The van der Waals surface area contributed by atoms with E-state index < -0.39 is 0 Å². The predicted molar refractivity (Wildman–Crippen MR) is 83.4 cm³/mol. The predicted octanol–water partition coefficient (Wildman–Crippen LogP) is 3.38. The summed E-state index contributed by atoms with van der Waals surface area (Å²) in [5.41, 5.74) is 2.98. The van der Waals surface area contributed by atoms with Crippen LogP contribution in [0.4, 0.5) is 10.5 Å². The summed E-state index contributed by atoms with van der Waals surface area (Å²) < 4.78 is 0. The number of anilines is 1. The maximum absolute atomic E-state index is 11.7. The highest BCUT2D eigenvalue weighted by molar-refractivity contribution is 7.09. The number of hydrogen-bond donors (Lipinski definition) is 2. The van der Waals surface area contributed by atoms with Gasteiger partial charge in [-0.25, -0.2) is 9.78 Å². The van der Waals surface area contributed by atoms with Crippen LogP contribution in [0, 0.1) is 6.92 Å². The van der Waals surface area contributed by atoms with E-state index in [0.29, 0.717) is 6.54 Å². The maximum atomic E-state index is 11.7. The standard InChI is InChI=1S/C15H19N3OS/c1-3-14-17-13(10-20-14)7-8-16-15(19)18-12-6-4-5-11(2)9-12/h4-6,9-10H,3,7-8H2,1-2H3,(H2,16,18,19). The summed E-state index contributed by atoms with van der Waals surface area (Å²) in [6.07, 6.45) is 1.73. The molecule has 0 aliphatic rings. The van der Waals surface area contributed by atoms with Gasteiger partial charge in [-0.1, -0.05) is 19.1 Å². The van der Waals surface area contributed by atoms with Crippen molar-refractivity contribution in [2.24, 2.45) is 0 Å². The number of thiazole rings is 1. The van der Waals surface area contributed by atoms with E-state index in [2.05, 4.69) is 27.9 Å². The maximum Gasteiger partial charge on any atom is 0.319 e. The fourth-order valence-corrected chi connectivity index (χ4v) is 2.61. The Morgan fingerprint density at radius 2 is 2.25 bits per heavy atom. The van der Waals surface area contributed by atoms with Crippen molar-refractivity contribution in [2.45, 2.75) is 26.7 Å². The molecule has 1 aromatic carbocycles. The highest BCUT2D eigenvalue weighted by Gasteiger charge is 2.03. The number of hydrogen-bond acceptors (Lipinski definition) is 3. The molecule has 1 aromatic heterocycles. The van der Waals surface area contributed by atoms with Crippen molar-refractivity contribution in [1.29, 1.82) is 0 Å². The monoisotopic (exact) mass is 289 g/mol. The van der Waals surface area contributed by atoms with E-state index in [1.807, 2.05) is 31.2 Å². The third-order valence-electron chi connectivity index (χ3n) is 2.84. The Kier molecular flexibility index (Phi) is 5.12. The van der Waals surface area contributed by atoms with Crippen molar-refractivity contribution in [3.05, 3.63) is 45.9 Å². The van der Waals surface area contributed by atoms with Gasteiger partial charge in [-0.2, -0.15) is 0 Å². The molecule has 0 saturated carbocycles. The number of benzene rings is 1. The molecule has 2 rings (SSSR count). The van der Waals surface area contributed by atoms with Gasteiger partial charge < -0.3 is 10.6 Å². The summed E-state index contributed by atoms with van der Waals surface area (Å²) in [4.78, 5) is 16.2. The molecule has 0 unspecified atom stereocenters. The quantitative estimate of drug-likeness (QED) is 0.886. The van der Waals surface area contributed by atoms with E-state index in [1.54, 1.807) is 11.3 Å². The van der Waals surface area contributed by atoms with Crippen LogP contribution in [0.15, 0.2) is 29.6 Å². The number of aryl methyl sites for hydroxylation is 2. The van der Waals surface area contributed by atoms with Crippen molar-refractivity contribution in [3.63, 3.8) is 0 Å². The lowest BCUT2D eigenvalue weighted by Crippen LogP contribution is -2.30. The molecule has 0 saturated heterocycles. The Labute approximate surface area is 123 Å². The Hall–Kier alpha value is -1.88. The first kappa shape index (κ1) is 14.5. The third-order valence-corrected chi connectivity index (χ3v) is 3.89. The minimum atomic E-state index is -0.179. The first-order chi connectivity index (χ1) is 9.67. The van der Waals surface area contributed by atoms with Gasteiger partial charge in [0.05, 0.1) is 10.7 Å². The van der Waals surface area contributed by atoms with E-state index in [1.165, 1.54) is 0 Å². The molecule has 0 fully saturated rings. The number of amides is 2. The van der Waals surface area contributed by atoms with Gasteiger partial charge in [0, 0.05) is 24.0 Å². The van der Waals surface area contributed by atoms with Crippen molar-refractivity contribution in [3.8, 4) is 0 Å². The minimum Gasteiger partial charge on any atom is -0.337 e. The molecule has 4 nitrogen and oxygen atoms in total. The summed E-state index contributed by atoms with van der Waals surface area (Å²) >= 11 is 1.67. The first-order valence-corrected chi connectivity index (χ1v) is 7.60. The molecule has 0 bridgehead atoms. The van der Waals surface area contributed by atoms with Crippen LogP contribution >= 0.6 is 11.3 Å². The van der Waals surface area contributed by atoms with E-state index in [-0.39, 0.29) is 6.03 Å². The fourth-order valence-electron chi connectivity index (χ4n) is 1.83. The normalized spacial score (nSPS) is 10.3. The summed E-state index contributed by atoms with van der Waals surface area (Å²) in [6.45, 7) is 4.68. The zero-order valence-corrected chi connectivity index (χ0v) is 12.6. The van der Waals surface area contributed by atoms with Crippen LogP contribution in [0.3, 0.4) is 0 Å². The number of carbonyl (C=O) groups is 1. The first-order valence-electron chi connectivity index (χ1n) is 6.72. The minimum absolute atomic E-state index is 0.179. The van der Waals surface area contributed by atoms with Gasteiger partial charge in [0.2, 0.25) is 0 Å². The lowest BCUT2D eigenvalue weighted by atomic mass is 10.2. The van der Waals surface area contributed by atoms with Crippen molar-refractivity contribution in [1.82, 2.24) is 10.3 Å². The van der Waals surface area contributed by atoms with Gasteiger partial charge in [-0.15, -0.1) is 11.3 Å². The number of rotatable bonds is 5. The molecule has 2 aromatic rings. The molecule has 0 aliphatic heterocycles. The molecule has 2 amide bonds. The molecule has 0 aliphatic carbocycles. The van der Waals surface area contributed by atoms with Crippen LogP contribution in [-0.4, -0.2) is 17.6 Å². The molecular formula is C15H19N3OS. The molecule has 2 N–H and O–H groups in total.